The number of hydrogen-bond donors (Lipinski definition) is 0. The largest absolute Gasteiger partial charge is 0.462 e. The van der Waals surface area contributed by atoms with Crippen molar-refractivity contribution in [2.45, 2.75) is 335 Å². The van der Waals surface area contributed by atoms with E-state index in [1.807, 2.05) is 0 Å². The summed E-state index contributed by atoms with van der Waals surface area (Å²) in [5, 5.41) is 0. The number of hydrogen-bond acceptors (Lipinski definition) is 6. The molecule has 6 nitrogen and oxygen atoms in total. The van der Waals surface area contributed by atoms with Crippen molar-refractivity contribution in [3.8, 4) is 0 Å². The maximum absolute atomic E-state index is 12.9. The number of unbranched alkanes of at least 4 members (excludes halogenated alkanes) is 40. The van der Waals surface area contributed by atoms with Crippen LogP contribution in [0.5, 0.6) is 0 Å². The van der Waals surface area contributed by atoms with E-state index in [9.17, 15) is 14.4 Å². The van der Waals surface area contributed by atoms with E-state index >= 15 is 0 Å². The van der Waals surface area contributed by atoms with Gasteiger partial charge in [0.25, 0.3) is 0 Å². The number of carbonyl (C=O) groups excluding carboxylic acids is 3. The molecular formula is C61H114O6. The maximum atomic E-state index is 12.9. The minimum atomic E-state index is -0.770. The molecule has 67 heavy (non-hydrogen) atoms. The predicted molar refractivity (Wildman–Crippen MR) is 289 cm³/mol. The van der Waals surface area contributed by atoms with Crippen molar-refractivity contribution in [2.24, 2.45) is 0 Å². The third-order valence-electron chi connectivity index (χ3n) is 13.4. The Bertz CT molecular complexity index is 1080. The van der Waals surface area contributed by atoms with Gasteiger partial charge in [0.15, 0.2) is 6.10 Å². The SMILES string of the molecule is CCCCCC/C=C\CCCCCCCCCC(=O)OC[C@H](COC(=O)CCCCCCCCCCCCCCCCC)OC(=O)CCCCCCCCCCC/C=C\CCCCCCCC. The first-order valence-electron chi connectivity index (χ1n) is 29.8. The smallest absolute Gasteiger partial charge is 0.306 e. The van der Waals surface area contributed by atoms with E-state index in [1.54, 1.807) is 0 Å². The third kappa shape index (κ3) is 54.7. The van der Waals surface area contributed by atoms with Crippen LogP contribution in [0, 0.1) is 0 Å². The Morgan fingerprint density at radius 2 is 0.493 bits per heavy atom. The lowest BCUT2D eigenvalue weighted by Crippen LogP contribution is -2.30. The van der Waals surface area contributed by atoms with Gasteiger partial charge < -0.3 is 14.2 Å². The highest BCUT2D eigenvalue weighted by Gasteiger charge is 2.19. The molecule has 0 saturated carbocycles. The standard InChI is InChI=1S/C61H114O6/c1-4-7-10-13-16-19-22-25-28-29-30-31-34-37-40-43-46-49-52-55-61(64)67-58(56-65-59(62)53-50-47-44-41-38-35-32-26-23-20-17-14-11-8-5-2)57-66-60(63)54-51-48-45-42-39-36-33-27-24-21-18-15-12-9-6-3/h20,23,25,28,58H,4-19,21-22,24,26-27,29-57H2,1-3H3/b23-20-,28-25-/t58-/m1/s1. The van der Waals surface area contributed by atoms with Crippen molar-refractivity contribution in [1.82, 2.24) is 0 Å². The van der Waals surface area contributed by atoms with Crippen LogP contribution in [0.25, 0.3) is 0 Å². The van der Waals surface area contributed by atoms with Crippen LogP contribution in [0.3, 0.4) is 0 Å². The highest BCUT2D eigenvalue weighted by atomic mass is 16.6. The van der Waals surface area contributed by atoms with Gasteiger partial charge in [-0.25, -0.2) is 0 Å². The summed E-state index contributed by atoms with van der Waals surface area (Å²) >= 11 is 0. The van der Waals surface area contributed by atoms with Gasteiger partial charge in [-0.1, -0.05) is 263 Å². The van der Waals surface area contributed by atoms with Crippen molar-refractivity contribution in [3.63, 3.8) is 0 Å². The molecule has 1 atom stereocenters. The molecule has 0 spiro atoms. The molecule has 0 bridgehead atoms. The summed E-state index contributed by atoms with van der Waals surface area (Å²) in [5.41, 5.74) is 0. The second kappa shape index (κ2) is 56.5. The lowest BCUT2D eigenvalue weighted by molar-refractivity contribution is -0.167. The van der Waals surface area contributed by atoms with Crippen LogP contribution < -0.4 is 0 Å². The van der Waals surface area contributed by atoms with Crippen molar-refractivity contribution >= 4 is 17.9 Å². The van der Waals surface area contributed by atoms with Crippen LogP contribution in [0.2, 0.25) is 0 Å². The minimum Gasteiger partial charge on any atom is -0.462 e. The molecule has 0 saturated heterocycles. The third-order valence-corrected chi connectivity index (χ3v) is 13.4. The Hall–Kier alpha value is -2.11. The Balaban J connectivity index is 4.33. The quantitative estimate of drug-likeness (QED) is 0.0262. The van der Waals surface area contributed by atoms with Crippen LogP contribution in [0.15, 0.2) is 24.3 Å². The van der Waals surface area contributed by atoms with Crippen LogP contribution in [-0.2, 0) is 28.6 Å². The molecule has 6 heteroatoms. The zero-order chi connectivity index (χ0) is 48.6. The van der Waals surface area contributed by atoms with Crippen molar-refractivity contribution in [2.75, 3.05) is 13.2 Å². The van der Waals surface area contributed by atoms with E-state index in [-0.39, 0.29) is 31.1 Å². The van der Waals surface area contributed by atoms with Gasteiger partial charge in [0.2, 0.25) is 0 Å². The van der Waals surface area contributed by atoms with Crippen molar-refractivity contribution in [3.05, 3.63) is 24.3 Å². The van der Waals surface area contributed by atoms with E-state index in [2.05, 4.69) is 45.1 Å². The normalized spacial score (nSPS) is 12.1. The second-order valence-electron chi connectivity index (χ2n) is 20.3. The molecule has 0 aromatic heterocycles. The van der Waals surface area contributed by atoms with Gasteiger partial charge in [0.1, 0.15) is 13.2 Å². The lowest BCUT2D eigenvalue weighted by Gasteiger charge is -2.18. The van der Waals surface area contributed by atoms with Gasteiger partial charge in [0, 0.05) is 19.3 Å². The summed E-state index contributed by atoms with van der Waals surface area (Å²) in [6.45, 7) is 6.67. The predicted octanol–water partition coefficient (Wildman–Crippen LogP) is 19.9. The molecule has 0 aliphatic rings. The molecule has 0 radical (unpaired) electrons. The average molecular weight is 944 g/mol. The molecule has 0 amide bonds. The average Bonchev–Trinajstić information content (AvgIpc) is 3.33. The molecular weight excluding hydrogens is 829 g/mol. The van der Waals surface area contributed by atoms with Gasteiger partial charge in [0.05, 0.1) is 0 Å². The second-order valence-corrected chi connectivity index (χ2v) is 20.3. The zero-order valence-corrected chi connectivity index (χ0v) is 45.2. The monoisotopic (exact) mass is 943 g/mol. The van der Waals surface area contributed by atoms with E-state index in [1.165, 1.54) is 231 Å². The van der Waals surface area contributed by atoms with E-state index in [4.69, 9.17) is 14.2 Å². The number of rotatable bonds is 55. The first kappa shape index (κ1) is 64.9. The maximum Gasteiger partial charge on any atom is 0.306 e. The fourth-order valence-electron chi connectivity index (χ4n) is 8.91. The van der Waals surface area contributed by atoms with Gasteiger partial charge in [-0.15, -0.1) is 0 Å². The zero-order valence-electron chi connectivity index (χ0n) is 45.2. The molecule has 0 aliphatic heterocycles. The van der Waals surface area contributed by atoms with Crippen LogP contribution in [-0.4, -0.2) is 37.2 Å². The first-order chi connectivity index (χ1) is 33.0. The lowest BCUT2D eigenvalue weighted by atomic mass is 10.0. The Morgan fingerprint density at radius 1 is 0.284 bits per heavy atom. The molecule has 0 rings (SSSR count). The molecule has 0 unspecified atom stereocenters. The van der Waals surface area contributed by atoms with Gasteiger partial charge >= 0.3 is 17.9 Å². The summed E-state index contributed by atoms with van der Waals surface area (Å²) in [6.07, 6.45) is 65.9. The molecule has 0 aromatic carbocycles. The highest BCUT2D eigenvalue weighted by Crippen LogP contribution is 2.17. The van der Waals surface area contributed by atoms with Gasteiger partial charge in [-0.2, -0.15) is 0 Å². The van der Waals surface area contributed by atoms with Crippen molar-refractivity contribution < 1.29 is 28.6 Å². The molecule has 394 valence electrons. The summed E-state index contributed by atoms with van der Waals surface area (Å²) in [4.78, 5) is 38.2. The highest BCUT2D eigenvalue weighted by molar-refractivity contribution is 5.71. The first-order valence-corrected chi connectivity index (χ1v) is 29.8. The summed E-state index contributed by atoms with van der Waals surface area (Å²) in [7, 11) is 0. The number of carbonyl (C=O) groups is 3. The van der Waals surface area contributed by atoms with E-state index < -0.39 is 6.10 Å². The molecule has 0 N–H and O–H groups in total. The van der Waals surface area contributed by atoms with Gasteiger partial charge in [-0.05, 0) is 70.6 Å². The molecule has 0 fully saturated rings. The fraction of sp³-hybridized carbons (Fsp3) is 0.885. The van der Waals surface area contributed by atoms with Crippen LogP contribution >= 0.6 is 0 Å². The number of allylic oxidation sites excluding steroid dienone is 4. The van der Waals surface area contributed by atoms with E-state index in [0.717, 1.165) is 57.8 Å². The fourth-order valence-corrected chi connectivity index (χ4v) is 8.91. The van der Waals surface area contributed by atoms with E-state index in [0.29, 0.717) is 19.3 Å². The Labute approximate surface area is 417 Å². The molecule has 0 heterocycles. The summed E-state index contributed by atoms with van der Waals surface area (Å²) < 4.78 is 16.9. The Kier molecular flexibility index (Phi) is 54.7. The van der Waals surface area contributed by atoms with Crippen LogP contribution in [0.4, 0.5) is 0 Å². The van der Waals surface area contributed by atoms with Crippen molar-refractivity contribution in [1.29, 1.82) is 0 Å². The Morgan fingerprint density at radius 3 is 0.761 bits per heavy atom. The van der Waals surface area contributed by atoms with Gasteiger partial charge in [-0.3, -0.25) is 14.4 Å². The minimum absolute atomic E-state index is 0.0686. The summed E-state index contributed by atoms with van der Waals surface area (Å²) in [6, 6.07) is 0. The number of ether oxygens (including phenoxy) is 3. The summed E-state index contributed by atoms with van der Waals surface area (Å²) in [5.74, 6) is -0.853. The molecule has 0 aromatic rings. The number of esters is 3. The molecule has 0 aliphatic carbocycles. The van der Waals surface area contributed by atoms with Crippen LogP contribution in [0.1, 0.15) is 329 Å². The topological polar surface area (TPSA) is 78.9 Å².